The SMILES string of the molecule is C/C=C(\C)C(=O)N1CCC(Cn2cc(-c3ccnn3C)nn2)CC1. The monoisotopic (exact) mass is 328 g/mol. The molecule has 0 unspecified atom stereocenters. The first-order valence-electron chi connectivity index (χ1n) is 8.39. The van der Waals surface area contributed by atoms with Gasteiger partial charge in [-0.1, -0.05) is 11.3 Å². The van der Waals surface area contributed by atoms with Crippen molar-refractivity contribution in [3.63, 3.8) is 0 Å². The third-order valence-corrected chi connectivity index (χ3v) is 4.74. The second kappa shape index (κ2) is 6.98. The highest BCUT2D eigenvalue weighted by Crippen LogP contribution is 2.21. The molecule has 24 heavy (non-hydrogen) atoms. The average molecular weight is 328 g/mol. The predicted molar refractivity (Wildman–Crippen MR) is 91.0 cm³/mol. The fraction of sp³-hybridized carbons (Fsp3) is 0.529. The van der Waals surface area contributed by atoms with E-state index in [1.54, 1.807) is 10.9 Å². The summed E-state index contributed by atoms with van der Waals surface area (Å²) in [5.41, 5.74) is 2.63. The van der Waals surface area contributed by atoms with Crippen molar-refractivity contribution in [2.45, 2.75) is 33.2 Å². The molecule has 1 saturated heterocycles. The summed E-state index contributed by atoms with van der Waals surface area (Å²) >= 11 is 0. The number of hydrogen-bond donors (Lipinski definition) is 0. The maximum absolute atomic E-state index is 12.2. The molecule has 0 N–H and O–H groups in total. The number of carbonyl (C=O) groups excluding carboxylic acids is 1. The van der Waals surface area contributed by atoms with Gasteiger partial charge in [0.15, 0.2) is 0 Å². The zero-order valence-corrected chi connectivity index (χ0v) is 14.5. The Morgan fingerprint density at radius 1 is 1.38 bits per heavy atom. The first kappa shape index (κ1) is 16.4. The van der Waals surface area contributed by atoms with Crippen LogP contribution in [0.15, 0.2) is 30.1 Å². The molecule has 1 amide bonds. The molecule has 1 fully saturated rings. The molecule has 7 nitrogen and oxygen atoms in total. The van der Waals surface area contributed by atoms with E-state index in [9.17, 15) is 4.79 Å². The van der Waals surface area contributed by atoms with Crippen LogP contribution >= 0.6 is 0 Å². The molecule has 0 spiro atoms. The van der Waals surface area contributed by atoms with E-state index >= 15 is 0 Å². The summed E-state index contributed by atoms with van der Waals surface area (Å²) in [5, 5.41) is 12.6. The van der Waals surface area contributed by atoms with Crippen LogP contribution < -0.4 is 0 Å². The van der Waals surface area contributed by atoms with Gasteiger partial charge in [-0.25, -0.2) is 0 Å². The van der Waals surface area contributed by atoms with Crippen molar-refractivity contribution in [2.24, 2.45) is 13.0 Å². The van der Waals surface area contributed by atoms with Crippen molar-refractivity contribution in [1.82, 2.24) is 29.7 Å². The number of allylic oxidation sites excluding steroid dienone is 1. The number of nitrogens with zero attached hydrogens (tertiary/aromatic N) is 6. The number of aryl methyl sites for hydroxylation is 1. The number of rotatable bonds is 4. The fourth-order valence-corrected chi connectivity index (χ4v) is 3.09. The summed E-state index contributed by atoms with van der Waals surface area (Å²) in [7, 11) is 1.90. The normalized spacial score (nSPS) is 16.6. The molecular weight excluding hydrogens is 304 g/mol. The first-order valence-corrected chi connectivity index (χ1v) is 8.39. The molecule has 2 aromatic rings. The summed E-state index contributed by atoms with van der Waals surface area (Å²) in [4.78, 5) is 14.1. The van der Waals surface area contributed by atoms with Gasteiger partial charge in [0.05, 0.1) is 11.9 Å². The fourth-order valence-electron chi connectivity index (χ4n) is 3.09. The minimum Gasteiger partial charge on any atom is -0.339 e. The lowest BCUT2D eigenvalue weighted by Gasteiger charge is -2.32. The van der Waals surface area contributed by atoms with E-state index in [1.807, 2.05) is 48.8 Å². The van der Waals surface area contributed by atoms with Crippen LogP contribution in [0, 0.1) is 5.92 Å². The first-order chi connectivity index (χ1) is 11.6. The van der Waals surface area contributed by atoms with Crippen molar-refractivity contribution in [2.75, 3.05) is 13.1 Å². The molecule has 1 aliphatic heterocycles. The molecule has 2 aromatic heterocycles. The number of amides is 1. The van der Waals surface area contributed by atoms with Gasteiger partial charge in [-0.15, -0.1) is 5.10 Å². The second-order valence-corrected chi connectivity index (χ2v) is 6.37. The van der Waals surface area contributed by atoms with Gasteiger partial charge in [-0.3, -0.25) is 14.2 Å². The van der Waals surface area contributed by atoms with E-state index in [1.165, 1.54) is 0 Å². The molecular formula is C17H24N6O. The summed E-state index contributed by atoms with van der Waals surface area (Å²) in [5.74, 6) is 0.691. The summed E-state index contributed by atoms with van der Waals surface area (Å²) in [6.07, 6.45) is 7.61. The van der Waals surface area contributed by atoms with Crippen LogP contribution in [-0.2, 0) is 18.4 Å². The van der Waals surface area contributed by atoms with Crippen molar-refractivity contribution in [3.05, 3.63) is 30.1 Å². The number of carbonyl (C=O) groups is 1. The quantitative estimate of drug-likeness (QED) is 0.804. The number of aromatic nitrogens is 5. The van der Waals surface area contributed by atoms with Crippen molar-refractivity contribution in [3.8, 4) is 11.4 Å². The lowest BCUT2D eigenvalue weighted by Crippen LogP contribution is -2.39. The van der Waals surface area contributed by atoms with Crippen LogP contribution in [0.2, 0.25) is 0 Å². The summed E-state index contributed by atoms with van der Waals surface area (Å²) < 4.78 is 3.70. The average Bonchev–Trinajstić information content (AvgIpc) is 3.22. The Bertz CT molecular complexity index is 736. The van der Waals surface area contributed by atoms with E-state index in [0.717, 1.165) is 49.4 Å². The molecule has 3 rings (SSSR count). The second-order valence-electron chi connectivity index (χ2n) is 6.37. The molecule has 3 heterocycles. The number of hydrogen-bond acceptors (Lipinski definition) is 4. The van der Waals surface area contributed by atoms with Crippen molar-refractivity contribution >= 4 is 5.91 Å². The summed E-state index contributed by atoms with van der Waals surface area (Å²) in [6, 6.07) is 1.93. The van der Waals surface area contributed by atoms with E-state index in [2.05, 4.69) is 15.4 Å². The number of likely N-dealkylation sites (tertiary alicyclic amines) is 1. The molecule has 0 saturated carbocycles. The van der Waals surface area contributed by atoms with E-state index in [4.69, 9.17) is 0 Å². The summed E-state index contributed by atoms with van der Waals surface area (Å²) in [6.45, 7) is 6.26. The van der Waals surface area contributed by atoms with Crippen molar-refractivity contribution < 1.29 is 4.79 Å². The Kier molecular flexibility index (Phi) is 4.78. The highest BCUT2D eigenvalue weighted by atomic mass is 16.2. The molecule has 7 heteroatoms. The van der Waals surface area contributed by atoms with E-state index in [0.29, 0.717) is 5.92 Å². The maximum Gasteiger partial charge on any atom is 0.249 e. The largest absolute Gasteiger partial charge is 0.339 e. The van der Waals surface area contributed by atoms with Gasteiger partial charge in [-0.2, -0.15) is 5.10 Å². The van der Waals surface area contributed by atoms with Crippen LogP contribution in [0.3, 0.4) is 0 Å². The molecule has 0 aromatic carbocycles. The molecule has 1 aliphatic rings. The van der Waals surface area contributed by atoms with E-state index < -0.39 is 0 Å². The van der Waals surface area contributed by atoms with Crippen LogP contribution in [0.5, 0.6) is 0 Å². The van der Waals surface area contributed by atoms with Crippen LogP contribution in [-0.4, -0.2) is 48.7 Å². The molecule has 128 valence electrons. The highest BCUT2D eigenvalue weighted by Gasteiger charge is 2.24. The Morgan fingerprint density at radius 3 is 2.75 bits per heavy atom. The standard InChI is InChI=1S/C17H24N6O/c1-4-13(2)17(24)22-9-6-14(7-10-22)11-23-12-15(19-20-23)16-5-8-18-21(16)3/h4-5,8,12,14H,6-7,9-11H2,1-3H3/b13-4+. The van der Waals surface area contributed by atoms with Gasteiger partial charge in [0, 0.05) is 38.5 Å². The predicted octanol–water partition coefficient (Wildman–Crippen LogP) is 1.88. The Morgan fingerprint density at radius 2 is 2.12 bits per heavy atom. The van der Waals surface area contributed by atoms with Crippen LogP contribution in [0.25, 0.3) is 11.4 Å². The van der Waals surface area contributed by atoms with Gasteiger partial charge < -0.3 is 4.90 Å². The molecule has 0 bridgehead atoms. The van der Waals surface area contributed by atoms with E-state index in [-0.39, 0.29) is 5.91 Å². The third-order valence-electron chi connectivity index (χ3n) is 4.74. The molecule has 0 aliphatic carbocycles. The zero-order chi connectivity index (χ0) is 17.1. The van der Waals surface area contributed by atoms with Gasteiger partial charge in [0.25, 0.3) is 0 Å². The maximum atomic E-state index is 12.2. The number of piperidine rings is 1. The van der Waals surface area contributed by atoms with Crippen LogP contribution in [0.1, 0.15) is 26.7 Å². The minimum atomic E-state index is 0.162. The van der Waals surface area contributed by atoms with Crippen molar-refractivity contribution in [1.29, 1.82) is 0 Å². The Balaban J connectivity index is 1.56. The minimum absolute atomic E-state index is 0.162. The van der Waals surface area contributed by atoms with Gasteiger partial charge in [-0.05, 0) is 38.7 Å². The van der Waals surface area contributed by atoms with Crippen LogP contribution in [0.4, 0.5) is 0 Å². The Hall–Kier alpha value is -2.44. The van der Waals surface area contributed by atoms with Gasteiger partial charge >= 0.3 is 0 Å². The Labute approximate surface area is 141 Å². The lowest BCUT2D eigenvalue weighted by molar-refractivity contribution is -0.128. The zero-order valence-electron chi connectivity index (χ0n) is 14.5. The highest BCUT2D eigenvalue weighted by molar-refractivity contribution is 5.92. The van der Waals surface area contributed by atoms with Gasteiger partial charge in [0.1, 0.15) is 5.69 Å². The topological polar surface area (TPSA) is 68.8 Å². The molecule has 0 atom stereocenters. The molecule has 0 radical (unpaired) electrons. The smallest absolute Gasteiger partial charge is 0.249 e. The van der Waals surface area contributed by atoms with Gasteiger partial charge in [0.2, 0.25) is 5.91 Å². The third kappa shape index (κ3) is 3.39. The lowest BCUT2D eigenvalue weighted by atomic mass is 9.96.